The molecule has 1 unspecified atom stereocenters. The Balaban J connectivity index is 2.19. The van der Waals surface area contributed by atoms with E-state index in [1.54, 1.807) is 0 Å². The summed E-state index contributed by atoms with van der Waals surface area (Å²) in [6, 6.07) is 2.04. The quantitative estimate of drug-likeness (QED) is 0.480. The van der Waals surface area contributed by atoms with Crippen LogP contribution in [0.15, 0.2) is 0 Å². The van der Waals surface area contributed by atoms with Crippen molar-refractivity contribution in [3.05, 3.63) is 0 Å². The fourth-order valence-corrected chi connectivity index (χ4v) is 1.36. The zero-order valence-corrected chi connectivity index (χ0v) is 6.89. The first-order valence-corrected chi connectivity index (χ1v) is 3.98. The van der Waals surface area contributed by atoms with Crippen LogP contribution in [0.1, 0.15) is 19.8 Å². The lowest BCUT2D eigenvalue weighted by molar-refractivity contribution is 0.0217. The van der Waals surface area contributed by atoms with Crippen molar-refractivity contribution in [2.75, 3.05) is 19.7 Å². The van der Waals surface area contributed by atoms with Gasteiger partial charge in [-0.25, -0.2) is 0 Å². The summed E-state index contributed by atoms with van der Waals surface area (Å²) in [6.07, 6.45) is 2.25. The van der Waals surface area contributed by atoms with Gasteiger partial charge in [0, 0.05) is 13.2 Å². The monoisotopic (exact) mass is 154 g/mol. The third kappa shape index (κ3) is 2.49. The molecule has 1 rings (SSSR count). The van der Waals surface area contributed by atoms with Crippen molar-refractivity contribution in [1.29, 1.82) is 5.26 Å². The molecule has 3 heteroatoms. The van der Waals surface area contributed by atoms with Gasteiger partial charge in [0.15, 0.2) is 0 Å². The zero-order valence-electron chi connectivity index (χ0n) is 6.89. The van der Waals surface area contributed by atoms with Gasteiger partial charge < -0.3 is 10.1 Å². The maximum absolute atomic E-state index is 8.27. The summed E-state index contributed by atoms with van der Waals surface area (Å²) in [6.45, 7) is 4.16. The van der Waals surface area contributed by atoms with Crippen molar-refractivity contribution < 1.29 is 4.74 Å². The highest BCUT2D eigenvalue weighted by atomic mass is 16.5. The van der Waals surface area contributed by atoms with Gasteiger partial charge in [0.2, 0.25) is 0 Å². The van der Waals surface area contributed by atoms with Crippen molar-refractivity contribution in [2.24, 2.45) is 0 Å². The van der Waals surface area contributed by atoms with Crippen LogP contribution in [0.5, 0.6) is 0 Å². The third-order valence-electron chi connectivity index (χ3n) is 2.00. The van der Waals surface area contributed by atoms with Crippen molar-refractivity contribution in [3.8, 4) is 6.07 Å². The van der Waals surface area contributed by atoms with Gasteiger partial charge in [-0.15, -0.1) is 0 Å². The summed E-state index contributed by atoms with van der Waals surface area (Å²) >= 11 is 0. The standard InChI is InChI=1S/C8H14N2O/c1-8(3-2-6-11-8)7-10-5-4-9/h10H,2-3,5-7H2,1H3. The predicted molar refractivity (Wildman–Crippen MR) is 42.1 cm³/mol. The fourth-order valence-electron chi connectivity index (χ4n) is 1.36. The molecule has 0 aromatic carbocycles. The molecule has 0 radical (unpaired) electrons. The van der Waals surface area contributed by atoms with E-state index in [0.29, 0.717) is 6.54 Å². The van der Waals surface area contributed by atoms with Gasteiger partial charge in [-0.2, -0.15) is 5.26 Å². The maximum Gasteiger partial charge on any atom is 0.0841 e. The van der Waals surface area contributed by atoms with Gasteiger partial charge in [-0.3, -0.25) is 0 Å². The van der Waals surface area contributed by atoms with Gasteiger partial charge in [0.05, 0.1) is 18.2 Å². The van der Waals surface area contributed by atoms with Crippen molar-refractivity contribution in [3.63, 3.8) is 0 Å². The first-order chi connectivity index (χ1) is 5.27. The molecule has 3 nitrogen and oxygen atoms in total. The Bertz CT molecular complexity index is 156. The Morgan fingerprint density at radius 3 is 3.09 bits per heavy atom. The Kier molecular flexibility index (Phi) is 2.86. The van der Waals surface area contributed by atoms with E-state index in [-0.39, 0.29) is 5.60 Å². The number of nitrogens with zero attached hydrogens (tertiary/aromatic N) is 1. The van der Waals surface area contributed by atoms with Crippen molar-refractivity contribution in [1.82, 2.24) is 5.32 Å². The smallest absolute Gasteiger partial charge is 0.0841 e. The Hall–Kier alpha value is -0.590. The van der Waals surface area contributed by atoms with E-state index in [0.717, 1.165) is 26.0 Å². The van der Waals surface area contributed by atoms with Crippen LogP contribution in [-0.4, -0.2) is 25.3 Å². The molecule has 0 spiro atoms. The zero-order chi connectivity index (χ0) is 8.16. The average Bonchev–Trinajstić information content (AvgIpc) is 2.38. The van der Waals surface area contributed by atoms with Crippen LogP contribution < -0.4 is 5.32 Å². The number of hydrogen-bond donors (Lipinski definition) is 1. The van der Waals surface area contributed by atoms with Crippen LogP contribution >= 0.6 is 0 Å². The van der Waals surface area contributed by atoms with Crippen LogP contribution in [0.4, 0.5) is 0 Å². The molecule has 0 aromatic rings. The fraction of sp³-hybridized carbons (Fsp3) is 0.875. The molecule has 1 aliphatic rings. The summed E-state index contributed by atoms with van der Waals surface area (Å²) in [4.78, 5) is 0. The molecule has 11 heavy (non-hydrogen) atoms. The van der Waals surface area contributed by atoms with Crippen LogP contribution in [-0.2, 0) is 4.74 Å². The Morgan fingerprint density at radius 2 is 2.55 bits per heavy atom. The average molecular weight is 154 g/mol. The number of nitrogens with one attached hydrogen (secondary N) is 1. The molecule has 1 saturated heterocycles. The van der Waals surface area contributed by atoms with Crippen LogP contribution in [0.3, 0.4) is 0 Å². The van der Waals surface area contributed by atoms with Crippen LogP contribution in [0.2, 0.25) is 0 Å². The van der Waals surface area contributed by atoms with E-state index in [2.05, 4.69) is 12.2 Å². The van der Waals surface area contributed by atoms with Gasteiger partial charge in [0.25, 0.3) is 0 Å². The van der Waals surface area contributed by atoms with Crippen molar-refractivity contribution >= 4 is 0 Å². The largest absolute Gasteiger partial charge is 0.374 e. The number of nitriles is 1. The summed E-state index contributed by atoms with van der Waals surface area (Å²) in [5.41, 5.74) is -0.0170. The lowest BCUT2D eigenvalue weighted by Gasteiger charge is -2.22. The maximum atomic E-state index is 8.27. The second-order valence-electron chi connectivity index (χ2n) is 3.16. The highest BCUT2D eigenvalue weighted by molar-refractivity contribution is 4.84. The molecule has 1 N–H and O–H groups in total. The van der Waals surface area contributed by atoms with Gasteiger partial charge >= 0.3 is 0 Å². The number of ether oxygens (including phenoxy) is 1. The third-order valence-corrected chi connectivity index (χ3v) is 2.00. The molecule has 0 aromatic heterocycles. The first kappa shape index (κ1) is 8.51. The Labute approximate surface area is 67.3 Å². The summed E-state index contributed by atoms with van der Waals surface area (Å²) in [7, 11) is 0. The van der Waals surface area contributed by atoms with E-state index in [1.807, 2.05) is 6.07 Å². The molecule has 0 saturated carbocycles. The van der Waals surface area contributed by atoms with E-state index in [4.69, 9.17) is 10.00 Å². The lowest BCUT2D eigenvalue weighted by Crippen LogP contribution is -2.37. The molecule has 0 aliphatic carbocycles. The summed E-state index contributed by atoms with van der Waals surface area (Å²) in [5, 5.41) is 11.3. The molecule has 1 heterocycles. The highest BCUT2D eigenvalue weighted by Gasteiger charge is 2.28. The summed E-state index contributed by atoms with van der Waals surface area (Å²) < 4.78 is 5.52. The molecule has 1 aliphatic heterocycles. The molecule has 0 amide bonds. The minimum absolute atomic E-state index is 0.0170. The van der Waals surface area contributed by atoms with Gasteiger partial charge in [0.1, 0.15) is 0 Å². The number of rotatable bonds is 3. The van der Waals surface area contributed by atoms with Crippen LogP contribution in [0.25, 0.3) is 0 Å². The normalized spacial score (nSPS) is 30.2. The Morgan fingerprint density at radius 1 is 1.73 bits per heavy atom. The molecule has 0 bridgehead atoms. The molecular formula is C8H14N2O. The SMILES string of the molecule is CC1(CNCC#N)CCCO1. The van der Waals surface area contributed by atoms with Gasteiger partial charge in [-0.1, -0.05) is 0 Å². The van der Waals surface area contributed by atoms with E-state index < -0.39 is 0 Å². The van der Waals surface area contributed by atoms with E-state index >= 15 is 0 Å². The topological polar surface area (TPSA) is 45.0 Å². The molecule has 1 atom stereocenters. The second-order valence-corrected chi connectivity index (χ2v) is 3.16. The van der Waals surface area contributed by atoms with E-state index in [1.165, 1.54) is 0 Å². The minimum Gasteiger partial charge on any atom is -0.374 e. The highest BCUT2D eigenvalue weighted by Crippen LogP contribution is 2.23. The second kappa shape index (κ2) is 3.70. The molecule has 1 fully saturated rings. The lowest BCUT2D eigenvalue weighted by atomic mass is 10.0. The molecular weight excluding hydrogens is 140 g/mol. The van der Waals surface area contributed by atoms with Gasteiger partial charge in [-0.05, 0) is 19.8 Å². The van der Waals surface area contributed by atoms with Crippen molar-refractivity contribution in [2.45, 2.75) is 25.4 Å². The van der Waals surface area contributed by atoms with E-state index in [9.17, 15) is 0 Å². The van der Waals surface area contributed by atoms with Crippen LogP contribution in [0, 0.1) is 11.3 Å². The summed E-state index contributed by atoms with van der Waals surface area (Å²) in [5.74, 6) is 0. The molecule has 62 valence electrons. The first-order valence-electron chi connectivity index (χ1n) is 3.98. The number of hydrogen-bond acceptors (Lipinski definition) is 3. The predicted octanol–water partition coefficient (Wildman–Crippen LogP) is 0.669. The minimum atomic E-state index is -0.0170.